The van der Waals surface area contributed by atoms with Crippen LogP contribution in [0, 0.1) is 0 Å². The molecular weight excluding hydrogens is 390 g/mol. The number of carboxylic acid groups (broad SMARTS) is 1. The van der Waals surface area contributed by atoms with Crippen LogP contribution in [0.2, 0.25) is 0 Å². The van der Waals surface area contributed by atoms with Crippen LogP contribution in [0.1, 0.15) is 39.2 Å². The predicted octanol–water partition coefficient (Wildman–Crippen LogP) is 2.36. The molecule has 1 heterocycles. The van der Waals surface area contributed by atoms with Crippen LogP contribution in [0.4, 0.5) is 9.59 Å². The van der Waals surface area contributed by atoms with Crippen LogP contribution in [0.5, 0.6) is 0 Å². The number of carbonyl (C=O) groups excluding carboxylic acids is 2. The molecule has 2 rings (SSSR count). The lowest BCUT2D eigenvalue weighted by Gasteiger charge is -2.34. The van der Waals surface area contributed by atoms with Crippen molar-refractivity contribution in [3.63, 3.8) is 0 Å². The number of carbonyl (C=O) groups is 3. The maximum atomic E-state index is 12.0. The highest BCUT2D eigenvalue weighted by Gasteiger charge is 2.28. The van der Waals surface area contributed by atoms with E-state index in [0.29, 0.717) is 25.9 Å². The van der Waals surface area contributed by atoms with Gasteiger partial charge in [-0.25, -0.2) is 14.4 Å². The molecule has 0 bridgehead atoms. The highest BCUT2D eigenvalue weighted by molar-refractivity contribution is 5.80. The number of rotatable bonds is 7. The van der Waals surface area contributed by atoms with Crippen molar-refractivity contribution in [3.05, 3.63) is 35.9 Å². The number of amides is 2. The third-order valence-corrected chi connectivity index (χ3v) is 4.55. The van der Waals surface area contributed by atoms with Gasteiger partial charge in [-0.05, 0) is 39.2 Å². The molecule has 30 heavy (non-hydrogen) atoms. The van der Waals surface area contributed by atoms with Crippen molar-refractivity contribution in [1.29, 1.82) is 0 Å². The first kappa shape index (κ1) is 23.5. The summed E-state index contributed by atoms with van der Waals surface area (Å²) < 4.78 is 10.4. The Morgan fingerprint density at radius 3 is 2.33 bits per heavy atom. The lowest BCUT2D eigenvalue weighted by molar-refractivity contribution is -0.140. The molecule has 9 nitrogen and oxygen atoms in total. The van der Waals surface area contributed by atoms with Crippen LogP contribution in [-0.4, -0.2) is 65.5 Å². The average Bonchev–Trinajstić information content (AvgIpc) is 2.66. The summed E-state index contributed by atoms with van der Waals surface area (Å²) in [5.41, 5.74) is 0.263. The Kier molecular flexibility index (Phi) is 8.46. The van der Waals surface area contributed by atoms with Gasteiger partial charge in [0.25, 0.3) is 0 Å². The summed E-state index contributed by atoms with van der Waals surface area (Å²) in [6.45, 7) is 6.85. The quantitative estimate of drug-likeness (QED) is 0.619. The summed E-state index contributed by atoms with van der Waals surface area (Å²) in [5, 5.41) is 14.7. The third-order valence-electron chi connectivity index (χ3n) is 4.55. The minimum absolute atomic E-state index is 0.0248. The topological polar surface area (TPSA) is 117 Å². The van der Waals surface area contributed by atoms with E-state index >= 15 is 0 Å². The monoisotopic (exact) mass is 421 g/mol. The molecular formula is C21H31N3O6. The minimum Gasteiger partial charge on any atom is -0.480 e. The van der Waals surface area contributed by atoms with Gasteiger partial charge in [0.2, 0.25) is 0 Å². The van der Waals surface area contributed by atoms with Crippen molar-refractivity contribution in [2.24, 2.45) is 0 Å². The van der Waals surface area contributed by atoms with Gasteiger partial charge in [0, 0.05) is 25.7 Å². The average molecular weight is 421 g/mol. The Morgan fingerprint density at radius 1 is 1.13 bits per heavy atom. The van der Waals surface area contributed by atoms with E-state index in [1.807, 2.05) is 35.2 Å². The fourth-order valence-electron chi connectivity index (χ4n) is 3.08. The number of aliphatic carboxylic acids is 1. The van der Waals surface area contributed by atoms with Gasteiger partial charge in [0.15, 0.2) is 0 Å². The van der Waals surface area contributed by atoms with Gasteiger partial charge in [0.1, 0.15) is 18.2 Å². The molecule has 1 aromatic rings. The third kappa shape index (κ3) is 8.69. The Morgan fingerprint density at radius 2 is 1.77 bits per heavy atom. The Hall–Kier alpha value is -2.81. The molecule has 2 amide bonds. The van der Waals surface area contributed by atoms with Crippen molar-refractivity contribution in [3.8, 4) is 0 Å². The zero-order chi connectivity index (χ0) is 22.1. The molecule has 1 aliphatic heterocycles. The van der Waals surface area contributed by atoms with E-state index in [2.05, 4.69) is 10.6 Å². The second-order valence-corrected chi connectivity index (χ2v) is 8.32. The number of ether oxygens (including phenoxy) is 2. The van der Waals surface area contributed by atoms with E-state index in [9.17, 15) is 19.5 Å². The lowest BCUT2D eigenvalue weighted by Crippen LogP contribution is -2.52. The zero-order valence-corrected chi connectivity index (χ0v) is 17.7. The molecule has 0 radical (unpaired) electrons. The van der Waals surface area contributed by atoms with Crippen LogP contribution in [-0.2, 0) is 20.9 Å². The minimum atomic E-state index is -1.12. The molecule has 1 aliphatic rings. The van der Waals surface area contributed by atoms with E-state index in [4.69, 9.17) is 9.47 Å². The second-order valence-electron chi connectivity index (χ2n) is 8.32. The molecule has 1 saturated heterocycles. The molecule has 0 aromatic heterocycles. The summed E-state index contributed by atoms with van der Waals surface area (Å²) in [4.78, 5) is 37.4. The highest BCUT2D eigenvalue weighted by atomic mass is 16.6. The van der Waals surface area contributed by atoms with Gasteiger partial charge < -0.3 is 30.1 Å². The van der Waals surface area contributed by atoms with Crippen LogP contribution in [0.25, 0.3) is 0 Å². The molecule has 1 atom stereocenters. The van der Waals surface area contributed by atoms with Crippen molar-refractivity contribution in [1.82, 2.24) is 15.5 Å². The van der Waals surface area contributed by atoms with Crippen LogP contribution >= 0.6 is 0 Å². The summed E-state index contributed by atoms with van der Waals surface area (Å²) in [6.07, 6.45) is 0.119. The van der Waals surface area contributed by atoms with Crippen LogP contribution in [0.15, 0.2) is 30.3 Å². The van der Waals surface area contributed by atoms with E-state index in [-0.39, 0.29) is 19.2 Å². The maximum absolute atomic E-state index is 12.0. The van der Waals surface area contributed by atoms with Gasteiger partial charge in [-0.2, -0.15) is 0 Å². The first-order chi connectivity index (χ1) is 14.1. The van der Waals surface area contributed by atoms with Gasteiger partial charge >= 0.3 is 18.2 Å². The molecule has 0 saturated carbocycles. The Labute approximate surface area is 176 Å². The second kappa shape index (κ2) is 10.8. The molecule has 166 valence electrons. The highest BCUT2D eigenvalue weighted by Crippen LogP contribution is 2.13. The number of piperidine rings is 1. The van der Waals surface area contributed by atoms with Gasteiger partial charge in [-0.15, -0.1) is 0 Å². The molecule has 0 aliphatic carbocycles. The Bertz CT molecular complexity index is 711. The fourth-order valence-corrected chi connectivity index (χ4v) is 3.08. The van der Waals surface area contributed by atoms with Crippen LogP contribution in [0.3, 0.4) is 0 Å². The van der Waals surface area contributed by atoms with Crippen molar-refractivity contribution >= 4 is 18.2 Å². The standard InChI is InChI=1S/C21H31N3O6/c1-21(2,3)30-20(28)22-16-9-11-24(12-10-16)13-17(18(25)26)23-19(27)29-14-15-7-5-4-6-8-15/h4-8,16-17H,9-14H2,1-3H3,(H,22,28)(H,23,27)(H,25,26)/t17-/m1/s1. The first-order valence-corrected chi connectivity index (χ1v) is 10.0. The van der Waals surface area contributed by atoms with Gasteiger partial charge in [0.05, 0.1) is 0 Å². The number of hydrogen-bond acceptors (Lipinski definition) is 6. The van der Waals surface area contributed by atoms with Crippen LogP contribution < -0.4 is 10.6 Å². The number of benzene rings is 1. The molecule has 0 unspecified atom stereocenters. The largest absolute Gasteiger partial charge is 0.480 e. The van der Waals surface area contributed by atoms with E-state index < -0.39 is 29.8 Å². The van der Waals surface area contributed by atoms with Crippen molar-refractivity contribution in [2.45, 2.75) is 57.9 Å². The Balaban J connectivity index is 1.74. The lowest BCUT2D eigenvalue weighted by atomic mass is 10.0. The zero-order valence-electron chi connectivity index (χ0n) is 17.7. The summed E-state index contributed by atoms with van der Waals surface area (Å²) in [5.74, 6) is -1.12. The number of nitrogens with one attached hydrogen (secondary N) is 2. The van der Waals surface area contributed by atoms with E-state index in [1.165, 1.54) is 0 Å². The maximum Gasteiger partial charge on any atom is 0.408 e. The summed E-state index contributed by atoms with van der Waals surface area (Å²) >= 11 is 0. The molecule has 0 spiro atoms. The first-order valence-electron chi connectivity index (χ1n) is 10.0. The van der Waals surface area contributed by atoms with Gasteiger partial charge in [-0.3, -0.25) is 0 Å². The van der Waals surface area contributed by atoms with Gasteiger partial charge in [-0.1, -0.05) is 30.3 Å². The number of nitrogens with zero attached hydrogens (tertiary/aromatic N) is 1. The number of likely N-dealkylation sites (tertiary alicyclic amines) is 1. The molecule has 1 aromatic carbocycles. The predicted molar refractivity (Wildman–Crippen MR) is 110 cm³/mol. The molecule has 9 heteroatoms. The van der Waals surface area contributed by atoms with E-state index in [1.54, 1.807) is 20.8 Å². The number of hydrogen-bond donors (Lipinski definition) is 3. The SMILES string of the molecule is CC(C)(C)OC(=O)NC1CCN(C[C@@H](NC(=O)OCc2ccccc2)C(=O)O)CC1. The van der Waals surface area contributed by atoms with Crippen molar-refractivity contribution in [2.75, 3.05) is 19.6 Å². The fraction of sp³-hybridized carbons (Fsp3) is 0.571. The molecule has 1 fully saturated rings. The van der Waals surface area contributed by atoms with Crippen molar-refractivity contribution < 1.29 is 29.0 Å². The number of carboxylic acids is 1. The molecule has 3 N–H and O–H groups in total. The summed E-state index contributed by atoms with van der Waals surface area (Å²) in [6, 6.07) is 8.05. The normalized spacial score (nSPS) is 16.4. The number of alkyl carbamates (subject to hydrolysis) is 2. The smallest absolute Gasteiger partial charge is 0.408 e. The summed E-state index contributed by atoms with van der Waals surface area (Å²) in [7, 11) is 0. The van der Waals surface area contributed by atoms with E-state index in [0.717, 1.165) is 5.56 Å².